The van der Waals surface area contributed by atoms with Crippen molar-refractivity contribution in [3.8, 4) is 0 Å². The third kappa shape index (κ3) is 2.99. The average Bonchev–Trinajstić information content (AvgIpc) is 3.19. The molecular formula is C19H18N4O2. The van der Waals surface area contributed by atoms with Crippen molar-refractivity contribution in [3.05, 3.63) is 59.9 Å². The smallest absolute Gasteiger partial charge is 0.272 e. The molecule has 1 amide bonds. The van der Waals surface area contributed by atoms with E-state index >= 15 is 0 Å². The van der Waals surface area contributed by atoms with Gasteiger partial charge in [-0.15, -0.1) is 0 Å². The van der Waals surface area contributed by atoms with Crippen LogP contribution in [0.2, 0.25) is 0 Å². The van der Waals surface area contributed by atoms with Crippen molar-refractivity contribution < 1.29 is 9.32 Å². The van der Waals surface area contributed by atoms with E-state index in [1.54, 1.807) is 0 Å². The topological polar surface area (TPSA) is 74.2 Å². The fourth-order valence-corrected chi connectivity index (χ4v) is 2.87. The standard InChI is InChI=1S/C19H18N4O2/c1-23(2)11-17-14-10-13(7-8-18(14)25-22-17)20-19(24)16-9-12-5-3-4-6-15(12)21-16/h3-10,21H,11H2,1-2H3,(H,20,24). The van der Waals surface area contributed by atoms with Gasteiger partial charge in [-0.05, 0) is 44.4 Å². The maximum Gasteiger partial charge on any atom is 0.272 e. The number of carbonyl (C=O) groups is 1. The molecule has 4 rings (SSSR count). The second-order valence-corrected chi connectivity index (χ2v) is 6.30. The third-order valence-electron chi connectivity index (χ3n) is 4.04. The summed E-state index contributed by atoms with van der Waals surface area (Å²) in [7, 11) is 3.95. The molecule has 6 heteroatoms. The number of fused-ring (bicyclic) bond motifs is 2. The Bertz CT molecular complexity index is 1030. The Morgan fingerprint density at radius 2 is 2.04 bits per heavy atom. The highest BCUT2D eigenvalue weighted by molar-refractivity contribution is 6.06. The lowest BCUT2D eigenvalue weighted by atomic mass is 10.2. The molecule has 0 aliphatic heterocycles. The number of nitrogens with zero attached hydrogens (tertiary/aromatic N) is 2. The maximum atomic E-state index is 12.5. The summed E-state index contributed by atoms with van der Waals surface area (Å²) in [6.07, 6.45) is 0. The van der Waals surface area contributed by atoms with Crippen molar-refractivity contribution in [2.75, 3.05) is 19.4 Å². The summed E-state index contributed by atoms with van der Waals surface area (Å²) in [5, 5.41) is 8.95. The molecule has 25 heavy (non-hydrogen) atoms. The number of H-pyrrole nitrogens is 1. The Labute approximate surface area is 144 Å². The molecule has 0 saturated heterocycles. The van der Waals surface area contributed by atoms with Gasteiger partial charge in [-0.1, -0.05) is 23.4 Å². The predicted molar refractivity (Wildman–Crippen MR) is 97.7 cm³/mol. The summed E-state index contributed by atoms with van der Waals surface area (Å²) in [6.45, 7) is 0.673. The highest BCUT2D eigenvalue weighted by Gasteiger charge is 2.13. The zero-order valence-electron chi connectivity index (χ0n) is 14.0. The lowest BCUT2D eigenvalue weighted by Crippen LogP contribution is -2.12. The molecule has 0 aliphatic rings. The van der Waals surface area contributed by atoms with E-state index in [1.807, 2.05) is 67.5 Å². The van der Waals surface area contributed by atoms with Gasteiger partial charge in [-0.25, -0.2) is 0 Å². The Morgan fingerprint density at radius 1 is 1.20 bits per heavy atom. The van der Waals surface area contributed by atoms with Crippen LogP contribution in [-0.4, -0.2) is 35.0 Å². The van der Waals surface area contributed by atoms with Crippen LogP contribution in [0, 0.1) is 0 Å². The van der Waals surface area contributed by atoms with Gasteiger partial charge in [0, 0.05) is 28.5 Å². The molecule has 0 atom stereocenters. The highest BCUT2D eigenvalue weighted by atomic mass is 16.5. The second-order valence-electron chi connectivity index (χ2n) is 6.30. The van der Waals surface area contributed by atoms with E-state index in [1.165, 1.54) is 0 Å². The van der Waals surface area contributed by atoms with Crippen molar-refractivity contribution in [1.82, 2.24) is 15.0 Å². The van der Waals surface area contributed by atoms with Gasteiger partial charge in [0.05, 0.1) is 0 Å². The molecule has 2 aromatic carbocycles. The number of hydrogen-bond acceptors (Lipinski definition) is 4. The van der Waals surface area contributed by atoms with Crippen LogP contribution in [-0.2, 0) is 6.54 Å². The molecule has 126 valence electrons. The lowest BCUT2D eigenvalue weighted by Gasteiger charge is -2.07. The molecule has 6 nitrogen and oxygen atoms in total. The monoisotopic (exact) mass is 334 g/mol. The summed E-state index contributed by atoms with van der Waals surface area (Å²) in [5.74, 6) is -0.179. The number of aromatic nitrogens is 2. The average molecular weight is 334 g/mol. The lowest BCUT2D eigenvalue weighted by molar-refractivity contribution is 0.102. The van der Waals surface area contributed by atoms with Crippen LogP contribution in [0.1, 0.15) is 16.2 Å². The van der Waals surface area contributed by atoms with Gasteiger partial charge in [0.2, 0.25) is 0 Å². The van der Waals surface area contributed by atoms with E-state index in [-0.39, 0.29) is 5.91 Å². The van der Waals surface area contributed by atoms with Gasteiger partial charge in [0.15, 0.2) is 5.58 Å². The minimum atomic E-state index is -0.179. The summed E-state index contributed by atoms with van der Waals surface area (Å²) in [5.41, 5.74) is 3.73. The Balaban J connectivity index is 1.62. The number of aromatic amines is 1. The molecule has 0 spiro atoms. The van der Waals surface area contributed by atoms with E-state index in [0.717, 1.165) is 22.0 Å². The van der Waals surface area contributed by atoms with E-state index < -0.39 is 0 Å². The fourth-order valence-electron chi connectivity index (χ4n) is 2.87. The van der Waals surface area contributed by atoms with Gasteiger partial charge in [0.1, 0.15) is 11.4 Å². The first-order valence-electron chi connectivity index (χ1n) is 8.02. The predicted octanol–water partition coefficient (Wildman–Crippen LogP) is 3.62. The van der Waals surface area contributed by atoms with Crippen LogP contribution >= 0.6 is 0 Å². The zero-order valence-corrected chi connectivity index (χ0v) is 14.0. The van der Waals surface area contributed by atoms with Crippen LogP contribution in [0.25, 0.3) is 21.9 Å². The number of benzene rings is 2. The first kappa shape index (κ1) is 15.4. The fraction of sp³-hybridized carbons (Fsp3) is 0.158. The largest absolute Gasteiger partial charge is 0.356 e. The molecule has 0 fully saturated rings. The first-order chi connectivity index (χ1) is 12.1. The number of hydrogen-bond donors (Lipinski definition) is 2. The Morgan fingerprint density at radius 3 is 2.84 bits per heavy atom. The molecule has 2 heterocycles. The van der Waals surface area contributed by atoms with Crippen LogP contribution < -0.4 is 5.32 Å². The number of para-hydroxylation sites is 1. The quantitative estimate of drug-likeness (QED) is 0.598. The van der Waals surface area contributed by atoms with Gasteiger partial charge in [0.25, 0.3) is 5.91 Å². The van der Waals surface area contributed by atoms with E-state index in [9.17, 15) is 4.79 Å². The van der Waals surface area contributed by atoms with Crippen molar-refractivity contribution in [1.29, 1.82) is 0 Å². The maximum absolute atomic E-state index is 12.5. The normalized spacial score (nSPS) is 11.5. The SMILES string of the molecule is CN(C)Cc1noc2ccc(NC(=O)c3cc4ccccc4[nH]3)cc12. The van der Waals surface area contributed by atoms with Crippen LogP contribution in [0.5, 0.6) is 0 Å². The number of anilines is 1. The minimum absolute atomic E-state index is 0.179. The van der Waals surface area contributed by atoms with Gasteiger partial charge in [-0.3, -0.25) is 4.79 Å². The van der Waals surface area contributed by atoms with Gasteiger partial charge < -0.3 is 19.7 Å². The van der Waals surface area contributed by atoms with E-state index in [4.69, 9.17) is 4.52 Å². The molecular weight excluding hydrogens is 316 g/mol. The van der Waals surface area contributed by atoms with Gasteiger partial charge >= 0.3 is 0 Å². The molecule has 2 N–H and O–H groups in total. The van der Waals surface area contributed by atoms with E-state index in [2.05, 4.69) is 15.5 Å². The van der Waals surface area contributed by atoms with Gasteiger partial charge in [-0.2, -0.15) is 0 Å². The molecule has 4 aromatic rings. The molecule has 0 bridgehead atoms. The Kier molecular flexibility index (Phi) is 3.74. The summed E-state index contributed by atoms with van der Waals surface area (Å²) in [6, 6.07) is 15.2. The van der Waals surface area contributed by atoms with Crippen LogP contribution in [0.3, 0.4) is 0 Å². The van der Waals surface area contributed by atoms with Crippen molar-refractivity contribution in [3.63, 3.8) is 0 Å². The molecule has 0 saturated carbocycles. The second kappa shape index (κ2) is 6.07. The highest BCUT2D eigenvalue weighted by Crippen LogP contribution is 2.24. The number of rotatable bonds is 4. The Hall–Kier alpha value is -3.12. The summed E-state index contributed by atoms with van der Waals surface area (Å²) >= 11 is 0. The molecule has 0 radical (unpaired) electrons. The third-order valence-corrected chi connectivity index (χ3v) is 4.04. The zero-order chi connectivity index (χ0) is 17.4. The van der Waals surface area contributed by atoms with Crippen molar-refractivity contribution >= 4 is 33.5 Å². The summed E-state index contributed by atoms with van der Waals surface area (Å²) in [4.78, 5) is 17.7. The number of amides is 1. The molecule has 2 aromatic heterocycles. The van der Waals surface area contributed by atoms with Crippen molar-refractivity contribution in [2.45, 2.75) is 6.54 Å². The van der Waals surface area contributed by atoms with E-state index in [0.29, 0.717) is 23.5 Å². The van der Waals surface area contributed by atoms with Crippen LogP contribution in [0.4, 0.5) is 5.69 Å². The summed E-state index contributed by atoms with van der Waals surface area (Å²) < 4.78 is 5.34. The van der Waals surface area contributed by atoms with Crippen molar-refractivity contribution in [2.24, 2.45) is 0 Å². The first-order valence-corrected chi connectivity index (χ1v) is 8.02. The molecule has 0 aliphatic carbocycles. The minimum Gasteiger partial charge on any atom is -0.356 e. The molecule has 0 unspecified atom stereocenters. The van der Waals surface area contributed by atoms with Crippen LogP contribution in [0.15, 0.2) is 53.1 Å². The number of carbonyl (C=O) groups excluding carboxylic acids is 1. The number of nitrogens with one attached hydrogen (secondary N) is 2.